The minimum absolute atomic E-state index is 0.0619. The number of benzene rings is 2. The van der Waals surface area contributed by atoms with E-state index < -0.39 is 0 Å². The van der Waals surface area contributed by atoms with Crippen LogP contribution >= 0.6 is 23.1 Å². The fourth-order valence-electron chi connectivity index (χ4n) is 3.73. The highest BCUT2D eigenvalue weighted by atomic mass is 32.2. The van der Waals surface area contributed by atoms with Gasteiger partial charge in [-0.2, -0.15) is 0 Å². The number of rotatable bonds is 8. The van der Waals surface area contributed by atoms with Crippen LogP contribution in [0.2, 0.25) is 0 Å². The van der Waals surface area contributed by atoms with Crippen LogP contribution in [-0.2, 0) is 11.2 Å². The number of nitrogens with zero attached hydrogens (tertiary/aromatic N) is 2. The Balaban J connectivity index is 1.50. The molecule has 33 heavy (non-hydrogen) atoms. The van der Waals surface area contributed by atoms with Gasteiger partial charge in [0.25, 0.3) is 5.56 Å². The van der Waals surface area contributed by atoms with Crippen LogP contribution in [0.5, 0.6) is 0 Å². The van der Waals surface area contributed by atoms with Gasteiger partial charge in [0.15, 0.2) is 5.16 Å². The predicted molar refractivity (Wildman–Crippen MR) is 138 cm³/mol. The number of nitrogens with one attached hydrogen (secondary N) is 1. The lowest BCUT2D eigenvalue weighted by Crippen LogP contribution is -2.34. The van der Waals surface area contributed by atoms with Crippen molar-refractivity contribution in [3.63, 3.8) is 0 Å². The number of aromatic nitrogens is 2. The van der Waals surface area contributed by atoms with Crippen molar-refractivity contribution < 1.29 is 4.79 Å². The standard InChI is InChI=1S/C26H27N3O2S2/c1-17-8-7-11-22(19(17)3)29-25(31)24-21(14-15-32-24)28-26(29)33-16-23(30)27-18(2)12-13-20-9-5-4-6-10-20/h4-11,14-15,18H,12-13,16H2,1-3H3,(H,27,30)/t18-/m0/s1. The molecule has 1 amide bonds. The average molecular weight is 478 g/mol. The lowest BCUT2D eigenvalue weighted by atomic mass is 10.1. The van der Waals surface area contributed by atoms with Crippen molar-refractivity contribution in [2.45, 2.75) is 44.8 Å². The number of fused-ring (bicyclic) bond motifs is 1. The molecule has 0 saturated heterocycles. The topological polar surface area (TPSA) is 64.0 Å². The summed E-state index contributed by atoms with van der Waals surface area (Å²) in [6, 6.07) is 18.1. The summed E-state index contributed by atoms with van der Waals surface area (Å²) in [6.45, 7) is 6.05. The molecule has 0 spiro atoms. The maximum atomic E-state index is 13.3. The van der Waals surface area contributed by atoms with Gasteiger partial charge in [-0.25, -0.2) is 4.98 Å². The van der Waals surface area contributed by atoms with Gasteiger partial charge in [-0.05, 0) is 67.8 Å². The van der Waals surface area contributed by atoms with Crippen molar-refractivity contribution in [1.29, 1.82) is 0 Å². The van der Waals surface area contributed by atoms with Crippen molar-refractivity contribution in [3.8, 4) is 5.69 Å². The Bertz CT molecular complexity index is 1330. The molecule has 1 atom stereocenters. The molecule has 7 heteroatoms. The second-order valence-electron chi connectivity index (χ2n) is 8.17. The van der Waals surface area contributed by atoms with Crippen LogP contribution in [0.4, 0.5) is 0 Å². The first-order valence-corrected chi connectivity index (χ1v) is 12.8. The molecule has 4 rings (SSSR count). The number of thioether (sulfide) groups is 1. The van der Waals surface area contributed by atoms with Crippen molar-refractivity contribution >= 4 is 39.2 Å². The quantitative estimate of drug-likeness (QED) is 0.277. The number of hydrogen-bond donors (Lipinski definition) is 1. The molecule has 1 N–H and O–H groups in total. The lowest BCUT2D eigenvalue weighted by Gasteiger charge is -2.16. The van der Waals surface area contributed by atoms with Gasteiger partial charge in [0.2, 0.25) is 5.91 Å². The van der Waals surface area contributed by atoms with Crippen LogP contribution in [0.1, 0.15) is 30.0 Å². The van der Waals surface area contributed by atoms with Crippen LogP contribution in [0, 0.1) is 13.8 Å². The molecule has 5 nitrogen and oxygen atoms in total. The van der Waals surface area contributed by atoms with E-state index in [-0.39, 0.29) is 23.3 Å². The summed E-state index contributed by atoms with van der Waals surface area (Å²) in [5.41, 5.74) is 4.78. The number of hydrogen-bond acceptors (Lipinski definition) is 5. The van der Waals surface area contributed by atoms with Gasteiger partial charge in [0.05, 0.1) is 17.0 Å². The van der Waals surface area contributed by atoms with E-state index in [4.69, 9.17) is 4.98 Å². The lowest BCUT2D eigenvalue weighted by molar-refractivity contribution is -0.119. The van der Waals surface area contributed by atoms with Gasteiger partial charge in [0, 0.05) is 6.04 Å². The minimum Gasteiger partial charge on any atom is -0.353 e. The zero-order chi connectivity index (χ0) is 23.4. The Morgan fingerprint density at radius 1 is 1.12 bits per heavy atom. The van der Waals surface area contributed by atoms with Gasteiger partial charge in [-0.3, -0.25) is 14.2 Å². The number of carbonyl (C=O) groups excluding carboxylic acids is 1. The van der Waals surface area contributed by atoms with Crippen molar-refractivity contribution in [2.24, 2.45) is 0 Å². The Kier molecular flexibility index (Phi) is 7.30. The van der Waals surface area contributed by atoms with E-state index in [0.29, 0.717) is 15.4 Å². The molecule has 0 fully saturated rings. The van der Waals surface area contributed by atoms with Gasteiger partial charge in [-0.15, -0.1) is 11.3 Å². The molecule has 0 radical (unpaired) electrons. The Labute approximate surface area is 201 Å². The van der Waals surface area contributed by atoms with E-state index in [9.17, 15) is 9.59 Å². The summed E-state index contributed by atoms with van der Waals surface area (Å²) in [4.78, 5) is 30.7. The summed E-state index contributed by atoms with van der Waals surface area (Å²) in [5.74, 6) is 0.135. The van der Waals surface area contributed by atoms with Crippen molar-refractivity contribution in [3.05, 3.63) is 87.0 Å². The molecule has 0 unspecified atom stereocenters. The van der Waals surface area contributed by atoms with Gasteiger partial charge >= 0.3 is 0 Å². The number of amides is 1. The van der Waals surface area contributed by atoms with Gasteiger partial charge in [-0.1, -0.05) is 54.2 Å². The predicted octanol–water partition coefficient (Wildman–Crippen LogP) is 5.29. The number of thiophene rings is 1. The SMILES string of the molecule is Cc1cccc(-n2c(SCC(=O)N[C@@H](C)CCc3ccccc3)nc3ccsc3c2=O)c1C. The van der Waals surface area contributed by atoms with Crippen molar-refractivity contribution in [1.82, 2.24) is 14.9 Å². The van der Waals surface area contributed by atoms with Gasteiger partial charge < -0.3 is 5.32 Å². The molecule has 170 valence electrons. The number of carbonyl (C=O) groups is 1. The van der Waals surface area contributed by atoms with E-state index in [1.54, 1.807) is 4.57 Å². The Morgan fingerprint density at radius 3 is 2.70 bits per heavy atom. The van der Waals surface area contributed by atoms with E-state index in [0.717, 1.165) is 29.7 Å². The van der Waals surface area contributed by atoms with Crippen LogP contribution in [0.3, 0.4) is 0 Å². The normalized spacial score (nSPS) is 12.1. The molecule has 2 aromatic carbocycles. The second kappa shape index (κ2) is 10.4. The van der Waals surface area contributed by atoms with E-state index in [2.05, 4.69) is 17.4 Å². The summed E-state index contributed by atoms with van der Waals surface area (Å²) < 4.78 is 2.28. The van der Waals surface area contributed by atoms with Crippen LogP contribution in [0.15, 0.2) is 69.9 Å². The maximum absolute atomic E-state index is 13.3. The zero-order valence-corrected chi connectivity index (χ0v) is 20.6. The Morgan fingerprint density at radius 2 is 1.91 bits per heavy atom. The molecule has 2 aromatic heterocycles. The monoisotopic (exact) mass is 477 g/mol. The first-order valence-electron chi connectivity index (χ1n) is 11.0. The highest BCUT2D eigenvalue weighted by Gasteiger charge is 2.18. The molecular weight excluding hydrogens is 450 g/mol. The van der Waals surface area contributed by atoms with E-state index in [1.807, 2.05) is 68.6 Å². The molecule has 0 saturated carbocycles. The highest BCUT2D eigenvalue weighted by molar-refractivity contribution is 7.99. The second-order valence-corrected chi connectivity index (χ2v) is 10.0. The molecular formula is C26H27N3O2S2. The Hall–Kier alpha value is -2.90. The van der Waals surface area contributed by atoms with Gasteiger partial charge in [0.1, 0.15) is 4.70 Å². The third-order valence-corrected chi connectivity index (χ3v) is 7.54. The first kappa shape index (κ1) is 23.3. The third kappa shape index (κ3) is 5.37. The van der Waals surface area contributed by atoms with Crippen LogP contribution in [0.25, 0.3) is 15.9 Å². The molecule has 4 aromatic rings. The molecule has 0 aliphatic rings. The third-order valence-electron chi connectivity index (χ3n) is 5.71. The number of aryl methyl sites for hydroxylation is 2. The van der Waals surface area contributed by atoms with Crippen LogP contribution in [-0.4, -0.2) is 27.3 Å². The van der Waals surface area contributed by atoms with Crippen molar-refractivity contribution in [2.75, 3.05) is 5.75 Å². The highest BCUT2D eigenvalue weighted by Crippen LogP contribution is 2.26. The largest absolute Gasteiger partial charge is 0.353 e. The molecule has 0 bridgehead atoms. The summed E-state index contributed by atoms with van der Waals surface area (Å²) >= 11 is 2.69. The fraction of sp³-hybridized carbons (Fsp3) is 0.269. The smallest absolute Gasteiger partial charge is 0.276 e. The first-order chi connectivity index (χ1) is 15.9. The van der Waals surface area contributed by atoms with Crippen LogP contribution < -0.4 is 10.9 Å². The van der Waals surface area contributed by atoms with E-state index in [1.165, 1.54) is 28.7 Å². The molecule has 0 aliphatic carbocycles. The zero-order valence-electron chi connectivity index (χ0n) is 19.0. The molecule has 2 heterocycles. The summed E-state index contributed by atoms with van der Waals surface area (Å²) in [5, 5.41) is 5.49. The summed E-state index contributed by atoms with van der Waals surface area (Å²) in [7, 11) is 0. The molecule has 0 aliphatic heterocycles. The maximum Gasteiger partial charge on any atom is 0.276 e. The minimum atomic E-state index is -0.0946. The van der Waals surface area contributed by atoms with E-state index >= 15 is 0 Å². The summed E-state index contributed by atoms with van der Waals surface area (Å²) in [6.07, 6.45) is 1.78. The fourth-order valence-corrected chi connectivity index (χ4v) is 5.30. The average Bonchev–Trinajstić information content (AvgIpc) is 3.28.